The summed E-state index contributed by atoms with van der Waals surface area (Å²) in [5.41, 5.74) is 0.464. The van der Waals surface area contributed by atoms with Crippen molar-refractivity contribution in [1.29, 1.82) is 0 Å². The fourth-order valence-corrected chi connectivity index (χ4v) is 3.63. The summed E-state index contributed by atoms with van der Waals surface area (Å²) < 4.78 is 8.52. The summed E-state index contributed by atoms with van der Waals surface area (Å²) in [6.07, 6.45) is 0.938. The molecule has 0 saturated carbocycles. The lowest BCUT2D eigenvalue weighted by molar-refractivity contribution is 0.183. The van der Waals surface area contributed by atoms with Crippen molar-refractivity contribution in [2.24, 2.45) is 0 Å². The topological polar surface area (TPSA) is 87.7 Å². The van der Waals surface area contributed by atoms with E-state index < -0.39 is 0 Å². The first-order chi connectivity index (χ1) is 12.6. The standard InChI is InChI=1S/C16H19ClN6O2S/c1-3-6-23-14(19-20-21-23)10-26-16-18-13-9-11(17)4-5-12(13)15(24)22(16)7-8-25-2/h4-5,9H,3,6-8,10H2,1-2H3. The van der Waals surface area contributed by atoms with E-state index in [4.69, 9.17) is 16.3 Å². The fourth-order valence-electron chi connectivity index (χ4n) is 2.50. The van der Waals surface area contributed by atoms with Crippen molar-refractivity contribution in [3.8, 4) is 0 Å². The van der Waals surface area contributed by atoms with Crippen molar-refractivity contribution in [2.75, 3.05) is 13.7 Å². The lowest BCUT2D eigenvalue weighted by Gasteiger charge is -2.12. The Morgan fingerprint density at radius 3 is 2.92 bits per heavy atom. The van der Waals surface area contributed by atoms with E-state index in [1.165, 1.54) is 11.8 Å². The molecule has 0 fully saturated rings. The van der Waals surface area contributed by atoms with Gasteiger partial charge in [0.1, 0.15) is 0 Å². The third-order valence-electron chi connectivity index (χ3n) is 3.77. The van der Waals surface area contributed by atoms with Crippen LogP contribution < -0.4 is 5.56 Å². The molecular formula is C16H19ClN6O2S. The van der Waals surface area contributed by atoms with Crippen LogP contribution >= 0.6 is 23.4 Å². The molecule has 0 N–H and O–H groups in total. The summed E-state index contributed by atoms with van der Waals surface area (Å²) in [7, 11) is 1.60. The van der Waals surface area contributed by atoms with Crippen LogP contribution in [0.25, 0.3) is 10.9 Å². The summed E-state index contributed by atoms with van der Waals surface area (Å²) in [6, 6.07) is 5.09. The van der Waals surface area contributed by atoms with Crippen LogP contribution in [0.4, 0.5) is 0 Å². The molecule has 3 rings (SSSR count). The lowest BCUT2D eigenvalue weighted by Crippen LogP contribution is -2.25. The van der Waals surface area contributed by atoms with Crippen LogP contribution in [0.15, 0.2) is 28.2 Å². The second kappa shape index (κ2) is 8.61. The van der Waals surface area contributed by atoms with Gasteiger partial charge in [0.25, 0.3) is 5.56 Å². The second-order valence-corrected chi connectivity index (χ2v) is 6.99. The molecular weight excluding hydrogens is 376 g/mol. The highest BCUT2D eigenvalue weighted by Crippen LogP contribution is 2.22. The van der Waals surface area contributed by atoms with Gasteiger partial charge in [-0.2, -0.15) is 0 Å². The van der Waals surface area contributed by atoms with Gasteiger partial charge in [0.2, 0.25) is 0 Å². The van der Waals surface area contributed by atoms with Crippen molar-refractivity contribution in [2.45, 2.75) is 37.3 Å². The first kappa shape index (κ1) is 18.8. The SMILES string of the molecule is CCCn1nnnc1CSc1nc2cc(Cl)ccc2c(=O)n1CCOC. The summed E-state index contributed by atoms with van der Waals surface area (Å²) in [5.74, 6) is 1.26. The number of aromatic nitrogens is 6. The maximum Gasteiger partial charge on any atom is 0.262 e. The average molecular weight is 395 g/mol. The Bertz CT molecular complexity index is 958. The molecule has 10 heteroatoms. The predicted octanol–water partition coefficient (Wildman–Crippen LogP) is 2.39. The van der Waals surface area contributed by atoms with Crippen LogP contribution in [0.3, 0.4) is 0 Å². The highest BCUT2D eigenvalue weighted by Gasteiger charge is 2.14. The third kappa shape index (κ3) is 4.05. The quantitative estimate of drug-likeness (QED) is 0.428. The Hall–Kier alpha value is -1.97. The molecule has 0 saturated heterocycles. The maximum absolute atomic E-state index is 12.9. The zero-order chi connectivity index (χ0) is 18.5. The van der Waals surface area contributed by atoms with Crippen LogP contribution in [-0.4, -0.2) is 43.5 Å². The Kier molecular flexibility index (Phi) is 6.23. The molecule has 26 heavy (non-hydrogen) atoms. The monoisotopic (exact) mass is 394 g/mol. The molecule has 1 aromatic carbocycles. The lowest BCUT2D eigenvalue weighted by atomic mass is 10.2. The van der Waals surface area contributed by atoms with Gasteiger partial charge in [0.05, 0.1) is 29.8 Å². The van der Waals surface area contributed by atoms with Gasteiger partial charge in [-0.15, -0.1) is 5.10 Å². The molecule has 0 unspecified atom stereocenters. The molecule has 138 valence electrons. The van der Waals surface area contributed by atoms with E-state index in [-0.39, 0.29) is 5.56 Å². The highest BCUT2D eigenvalue weighted by molar-refractivity contribution is 7.98. The van der Waals surface area contributed by atoms with Gasteiger partial charge >= 0.3 is 0 Å². The van der Waals surface area contributed by atoms with E-state index in [9.17, 15) is 4.79 Å². The van der Waals surface area contributed by atoms with E-state index in [1.807, 2.05) is 0 Å². The number of thioether (sulfide) groups is 1. The number of fused-ring (bicyclic) bond motifs is 1. The second-order valence-electron chi connectivity index (χ2n) is 5.61. The predicted molar refractivity (Wildman–Crippen MR) is 101 cm³/mol. The molecule has 3 aromatic rings. The minimum Gasteiger partial charge on any atom is -0.383 e. The molecule has 2 heterocycles. The van der Waals surface area contributed by atoms with Crippen LogP contribution in [0, 0.1) is 0 Å². The largest absolute Gasteiger partial charge is 0.383 e. The Morgan fingerprint density at radius 1 is 1.31 bits per heavy atom. The normalized spacial score (nSPS) is 11.3. The highest BCUT2D eigenvalue weighted by atomic mass is 35.5. The number of aryl methyl sites for hydroxylation is 1. The molecule has 0 aliphatic heterocycles. The average Bonchev–Trinajstić information content (AvgIpc) is 3.06. The number of hydrogen-bond acceptors (Lipinski definition) is 7. The zero-order valence-corrected chi connectivity index (χ0v) is 16.1. The van der Waals surface area contributed by atoms with Gasteiger partial charge < -0.3 is 4.74 Å². The maximum atomic E-state index is 12.9. The van der Waals surface area contributed by atoms with Crippen molar-refractivity contribution < 1.29 is 4.74 Å². The summed E-state index contributed by atoms with van der Waals surface area (Å²) in [4.78, 5) is 17.5. The number of halogens is 1. The van der Waals surface area contributed by atoms with Gasteiger partial charge in [0, 0.05) is 18.7 Å². The Balaban J connectivity index is 1.96. The van der Waals surface area contributed by atoms with Crippen molar-refractivity contribution in [1.82, 2.24) is 29.8 Å². The minimum absolute atomic E-state index is 0.112. The van der Waals surface area contributed by atoms with Gasteiger partial charge in [0.15, 0.2) is 11.0 Å². The molecule has 2 aromatic heterocycles. The van der Waals surface area contributed by atoms with E-state index in [2.05, 4.69) is 27.4 Å². The van der Waals surface area contributed by atoms with Crippen molar-refractivity contribution >= 4 is 34.3 Å². The van der Waals surface area contributed by atoms with E-state index >= 15 is 0 Å². The van der Waals surface area contributed by atoms with E-state index in [0.717, 1.165) is 18.8 Å². The molecule has 8 nitrogen and oxygen atoms in total. The number of tetrazole rings is 1. The van der Waals surface area contributed by atoms with Crippen LogP contribution in [-0.2, 0) is 23.6 Å². The Labute approximate surface area is 159 Å². The smallest absolute Gasteiger partial charge is 0.262 e. The van der Waals surface area contributed by atoms with Crippen molar-refractivity contribution in [3.63, 3.8) is 0 Å². The molecule has 0 amide bonds. The number of hydrogen-bond donors (Lipinski definition) is 0. The number of benzene rings is 1. The third-order valence-corrected chi connectivity index (χ3v) is 4.98. The van der Waals surface area contributed by atoms with Gasteiger partial charge in [-0.25, -0.2) is 9.67 Å². The zero-order valence-electron chi connectivity index (χ0n) is 14.6. The van der Waals surface area contributed by atoms with Crippen molar-refractivity contribution in [3.05, 3.63) is 39.4 Å². The van der Waals surface area contributed by atoms with Gasteiger partial charge in [-0.1, -0.05) is 30.3 Å². The molecule has 0 atom stereocenters. The van der Waals surface area contributed by atoms with Gasteiger partial charge in [-0.3, -0.25) is 9.36 Å². The Morgan fingerprint density at radius 2 is 2.15 bits per heavy atom. The molecule has 0 aliphatic carbocycles. The van der Waals surface area contributed by atoms with E-state index in [1.54, 1.807) is 34.6 Å². The first-order valence-electron chi connectivity index (χ1n) is 8.21. The van der Waals surface area contributed by atoms with E-state index in [0.29, 0.717) is 40.0 Å². The first-order valence-corrected chi connectivity index (χ1v) is 9.57. The van der Waals surface area contributed by atoms with Crippen LogP contribution in [0.1, 0.15) is 19.2 Å². The number of ether oxygens (including phenoxy) is 1. The summed E-state index contributed by atoms with van der Waals surface area (Å²) in [6.45, 7) is 3.65. The minimum atomic E-state index is -0.112. The van der Waals surface area contributed by atoms with Crippen LogP contribution in [0.2, 0.25) is 5.02 Å². The summed E-state index contributed by atoms with van der Waals surface area (Å²) >= 11 is 7.48. The molecule has 0 spiro atoms. The molecule has 0 aliphatic rings. The number of nitrogens with zero attached hydrogens (tertiary/aromatic N) is 6. The van der Waals surface area contributed by atoms with Crippen LogP contribution in [0.5, 0.6) is 0 Å². The van der Waals surface area contributed by atoms with Gasteiger partial charge in [-0.05, 0) is 35.0 Å². The summed E-state index contributed by atoms with van der Waals surface area (Å²) in [5, 5.41) is 13.4. The number of rotatable bonds is 8. The molecule has 0 bridgehead atoms. The number of methoxy groups -OCH3 is 1. The molecule has 0 radical (unpaired) electrons. The fraction of sp³-hybridized carbons (Fsp3) is 0.438.